The molecule has 1 aromatic heterocycles. The topological polar surface area (TPSA) is 68.7 Å². The van der Waals surface area contributed by atoms with Crippen molar-refractivity contribution in [1.29, 1.82) is 0 Å². The van der Waals surface area contributed by atoms with Crippen molar-refractivity contribution in [1.82, 2.24) is 4.98 Å². The SMILES string of the molecule is CCOC(=O)c1nc(CBr)c(O)cc1OC(F)(F)F. The van der Waals surface area contributed by atoms with E-state index in [2.05, 4.69) is 30.4 Å². The van der Waals surface area contributed by atoms with Crippen LogP contribution in [0.3, 0.4) is 0 Å². The zero-order valence-electron chi connectivity index (χ0n) is 9.62. The summed E-state index contributed by atoms with van der Waals surface area (Å²) in [7, 11) is 0. The number of aromatic hydroxyl groups is 1. The second-order valence-corrected chi connectivity index (χ2v) is 3.76. The Morgan fingerprint density at radius 2 is 2.16 bits per heavy atom. The number of carbonyl (C=O) groups is 1. The van der Waals surface area contributed by atoms with E-state index in [0.717, 1.165) is 0 Å². The van der Waals surface area contributed by atoms with Gasteiger partial charge < -0.3 is 14.6 Å². The molecule has 0 fully saturated rings. The third-order valence-electron chi connectivity index (χ3n) is 1.86. The molecule has 0 amide bonds. The van der Waals surface area contributed by atoms with Gasteiger partial charge in [0, 0.05) is 11.4 Å². The Balaban J connectivity index is 3.26. The van der Waals surface area contributed by atoms with Crippen LogP contribution < -0.4 is 4.74 Å². The minimum absolute atomic E-state index is 0.00224. The lowest BCUT2D eigenvalue weighted by atomic mass is 10.2. The lowest BCUT2D eigenvalue weighted by Gasteiger charge is -2.13. The van der Waals surface area contributed by atoms with Gasteiger partial charge in [-0.15, -0.1) is 13.2 Å². The van der Waals surface area contributed by atoms with Gasteiger partial charge in [0.25, 0.3) is 0 Å². The summed E-state index contributed by atoms with van der Waals surface area (Å²) in [4.78, 5) is 15.1. The number of ether oxygens (including phenoxy) is 2. The number of halogens is 4. The predicted octanol–water partition coefficient (Wildman–Crippen LogP) is 2.76. The summed E-state index contributed by atoms with van der Waals surface area (Å²) in [5.41, 5.74) is -0.649. The molecule has 0 unspecified atom stereocenters. The molecule has 1 rings (SSSR count). The van der Waals surface area contributed by atoms with E-state index < -0.39 is 29.5 Å². The van der Waals surface area contributed by atoms with E-state index in [9.17, 15) is 23.1 Å². The van der Waals surface area contributed by atoms with Crippen LogP contribution in [0.15, 0.2) is 6.07 Å². The molecule has 9 heteroatoms. The van der Waals surface area contributed by atoms with Gasteiger partial charge >= 0.3 is 12.3 Å². The van der Waals surface area contributed by atoms with E-state index in [1.54, 1.807) is 0 Å². The number of hydrogen-bond donors (Lipinski definition) is 1. The monoisotopic (exact) mass is 343 g/mol. The molecule has 0 aromatic carbocycles. The van der Waals surface area contributed by atoms with E-state index in [0.29, 0.717) is 6.07 Å². The molecule has 0 radical (unpaired) electrons. The molecular formula is C10H9BrF3NO4. The lowest BCUT2D eigenvalue weighted by Crippen LogP contribution is -2.20. The number of carbonyl (C=O) groups excluding carboxylic acids is 1. The number of nitrogens with zero attached hydrogens (tertiary/aromatic N) is 1. The highest BCUT2D eigenvalue weighted by molar-refractivity contribution is 9.08. The van der Waals surface area contributed by atoms with Gasteiger partial charge in [0.05, 0.1) is 12.3 Å². The normalized spacial score (nSPS) is 11.2. The minimum Gasteiger partial charge on any atom is -0.506 e. The summed E-state index contributed by atoms with van der Waals surface area (Å²) in [6.45, 7) is 1.46. The van der Waals surface area contributed by atoms with Crippen LogP contribution in [0.2, 0.25) is 0 Å². The fraction of sp³-hybridized carbons (Fsp3) is 0.400. The Kier molecular flexibility index (Phi) is 4.98. The third-order valence-corrected chi connectivity index (χ3v) is 2.40. The average molecular weight is 344 g/mol. The van der Waals surface area contributed by atoms with Gasteiger partial charge in [-0.25, -0.2) is 9.78 Å². The molecule has 106 valence electrons. The maximum Gasteiger partial charge on any atom is 0.573 e. The maximum absolute atomic E-state index is 12.2. The van der Waals surface area contributed by atoms with Gasteiger partial charge in [-0.3, -0.25) is 0 Å². The Bertz CT molecular complexity index is 479. The van der Waals surface area contributed by atoms with Gasteiger partial charge in [0.1, 0.15) is 5.75 Å². The first-order valence-corrected chi connectivity index (χ1v) is 6.12. The lowest BCUT2D eigenvalue weighted by molar-refractivity contribution is -0.274. The smallest absolute Gasteiger partial charge is 0.506 e. The summed E-state index contributed by atoms with van der Waals surface area (Å²) in [5.74, 6) is -2.50. The van der Waals surface area contributed by atoms with Crippen molar-refractivity contribution in [2.45, 2.75) is 18.6 Å². The fourth-order valence-corrected chi connectivity index (χ4v) is 1.58. The van der Waals surface area contributed by atoms with Crippen molar-refractivity contribution in [2.24, 2.45) is 0 Å². The zero-order chi connectivity index (χ0) is 14.6. The van der Waals surface area contributed by atoms with Gasteiger partial charge in [-0.05, 0) is 6.92 Å². The van der Waals surface area contributed by atoms with Crippen molar-refractivity contribution in [2.75, 3.05) is 6.61 Å². The van der Waals surface area contributed by atoms with Crippen molar-refractivity contribution < 1.29 is 32.5 Å². The first-order chi connectivity index (χ1) is 8.78. The van der Waals surface area contributed by atoms with Crippen LogP contribution in [0.5, 0.6) is 11.5 Å². The van der Waals surface area contributed by atoms with Crippen molar-refractivity contribution in [3.63, 3.8) is 0 Å². The second kappa shape index (κ2) is 6.09. The molecule has 5 nitrogen and oxygen atoms in total. The fourth-order valence-electron chi connectivity index (χ4n) is 1.17. The molecule has 1 aromatic rings. The zero-order valence-corrected chi connectivity index (χ0v) is 11.2. The molecule has 19 heavy (non-hydrogen) atoms. The molecule has 0 saturated carbocycles. The predicted molar refractivity (Wildman–Crippen MR) is 61.2 cm³/mol. The van der Waals surface area contributed by atoms with Crippen LogP contribution >= 0.6 is 15.9 Å². The largest absolute Gasteiger partial charge is 0.573 e. The van der Waals surface area contributed by atoms with E-state index in [1.807, 2.05) is 0 Å². The number of esters is 1. The van der Waals surface area contributed by atoms with E-state index in [1.165, 1.54) is 6.92 Å². The minimum atomic E-state index is -5.01. The van der Waals surface area contributed by atoms with Crippen molar-refractivity contribution in [3.05, 3.63) is 17.5 Å². The first kappa shape index (κ1) is 15.5. The Labute approximate surface area is 114 Å². The highest BCUT2D eigenvalue weighted by Gasteiger charge is 2.34. The summed E-state index contributed by atoms with van der Waals surface area (Å²) in [6, 6.07) is 0.670. The van der Waals surface area contributed by atoms with Crippen LogP contribution in [0.4, 0.5) is 13.2 Å². The average Bonchev–Trinajstić information content (AvgIpc) is 2.27. The van der Waals surface area contributed by atoms with Gasteiger partial charge in [0.15, 0.2) is 11.4 Å². The molecule has 0 aliphatic heterocycles. The molecule has 0 aliphatic rings. The van der Waals surface area contributed by atoms with Gasteiger partial charge in [-0.2, -0.15) is 0 Å². The molecule has 0 saturated heterocycles. The molecular weight excluding hydrogens is 335 g/mol. The van der Waals surface area contributed by atoms with E-state index in [4.69, 9.17) is 0 Å². The van der Waals surface area contributed by atoms with Crippen LogP contribution in [-0.2, 0) is 10.1 Å². The van der Waals surface area contributed by atoms with E-state index >= 15 is 0 Å². The molecule has 0 bridgehead atoms. The van der Waals surface area contributed by atoms with Crippen LogP contribution in [-0.4, -0.2) is 29.0 Å². The number of alkyl halides is 4. The summed E-state index contributed by atoms with van der Waals surface area (Å²) >= 11 is 2.98. The maximum atomic E-state index is 12.2. The highest BCUT2D eigenvalue weighted by atomic mass is 79.9. The molecule has 1 N–H and O–H groups in total. The quantitative estimate of drug-likeness (QED) is 0.672. The standard InChI is InChI=1S/C10H9BrF3NO4/c1-2-18-9(17)8-7(19-10(12,13)14)3-6(16)5(4-11)15-8/h3,16H,2,4H2,1H3. The van der Waals surface area contributed by atoms with Crippen LogP contribution in [0, 0.1) is 0 Å². The Morgan fingerprint density at radius 1 is 1.53 bits per heavy atom. The molecule has 0 atom stereocenters. The number of pyridine rings is 1. The Morgan fingerprint density at radius 3 is 2.63 bits per heavy atom. The van der Waals surface area contributed by atoms with Crippen LogP contribution in [0.25, 0.3) is 0 Å². The van der Waals surface area contributed by atoms with Crippen LogP contribution in [0.1, 0.15) is 23.1 Å². The first-order valence-electron chi connectivity index (χ1n) is 5.00. The highest BCUT2D eigenvalue weighted by Crippen LogP contribution is 2.31. The number of aromatic nitrogens is 1. The summed E-state index contributed by atoms with van der Waals surface area (Å²) < 4.78 is 44.8. The Hall–Kier alpha value is -1.51. The molecule has 0 spiro atoms. The van der Waals surface area contributed by atoms with Crippen molar-refractivity contribution in [3.8, 4) is 11.5 Å². The summed E-state index contributed by atoms with van der Waals surface area (Å²) in [6.07, 6.45) is -5.01. The van der Waals surface area contributed by atoms with E-state index in [-0.39, 0.29) is 17.6 Å². The third kappa shape index (κ3) is 4.27. The van der Waals surface area contributed by atoms with Gasteiger partial charge in [0.2, 0.25) is 0 Å². The molecule has 1 heterocycles. The number of hydrogen-bond acceptors (Lipinski definition) is 5. The van der Waals surface area contributed by atoms with Gasteiger partial charge in [-0.1, -0.05) is 15.9 Å². The molecule has 0 aliphatic carbocycles. The summed E-state index contributed by atoms with van der Waals surface area (Å²) in [5, 5.41) is 9.49. The second-order valence-electron chi connectivity index (χ2n) is 3.20. The number of rotatable bonds is 4. The van der Waals surface area contributed by atoms with Crippen molar-refractivity contribution >= 4 is 21.9 Å².